The van der Waals surface area contributed by atoms with Gasteiger partial charge >= 0.3 is 0 Å². The van der Waals surface area contributed by atoms with Crippen molar-refractivity contribution in [3.8, 4) is 0 Å². The van der Waals surface area contributed by atoms with Crippen LogP contribution in [0.5, 0.6) is 0 Å². The number of hydrogen-bond acceptors (Lipinski definition) is 2. The van der Waals surface area contributed by atoms with Gasteiger partial charge in [-0.2, -0.15) is 0 Å². The van der Waals surface area contributed by atoms with Gasteiger partial charge in [-0.15, -0.1) is 11.3 Å². The lowest BCUT2D eigenvalue weighted by Gasteiger charge is -2.28. The van der Waals surface area contributed by atoms with E-state index in [9.17, 15) is 0 Å². The van der Waals surface area contributed by atoms with Crippen LogP contribution in [0, 0.1) is 0 Å². The van der Waals surface area contributed by atoms with E-state index >= 15 is 0 Å². The summed E-state index contributed by atoms with van der Waals surface area (Å²) in [5.74, 6) is 0. The third-order valence-electron chi connectivity index (χ3n) is 4.17. The SMILES string of the molecule is CCCNC(c1ccc(Br)s1)C1(c2ccccc2)CC1. The maximum Gasteiger partial charge on any atom is 0.0701 e. The molecule has 1 aliphatic carbocycles. The first-order valence-corrected chi connectivity index (χ1v) is 8.91. The standard InChI is InChI=1S/C17H20BrNS/c1-2-12-19-16(14-8-9-15(18)20-14)17(10-11-17)13-6-4-3-5-7-13/h3-9,16,19H,2,10-12H2,1H3. The molecular weight excluding hydrogens is 330 g/mol. The predicted molar refractivity (Wildman–Crippen MR) is 90.4 cm³/mol. The molecule has 106 valence electrons. The molecule has 1 atom stereocenters. The molecule has 3 rings (SSSR count). The lowest BCUT2D eigenvalue weighted by atomic mass is 9.87. The minimum absolute atomic E-state index is 0.306. The van der Waals surface area contributed by atoms with E-state index < -0.39 is 0 Å². The Balaban J connectivity index is 1.93. The van der Waals surface area contributed by atoms with Gasteiger partial charge < -0.3 is 5.32 Å². The highest BCUT2D eigenvalue weighted by Crippen LogP contribution is 2.57. The van der Waals surface area contributed by atoms with Crippen LogP contribution in [0.25, 0.3) is 0 Å². The third-order valence-corrected chi connectivity index (χ3v) is 5.86. The number of nitrogens with one attached hydrogen (secondary N) is 1. The summed E-state index contributed by atoms with van der Waals surface area (Å²) in [6.45, 7) is 3.31. The first kappa shape index (κ1) is 14.3. The van der Waals surface area contributed by atoms with Crippen molar-refractivity contribution in [2.45, 2.75) is 37.6 Å². The Labute approximate surface area is 133 Å². The second-order valence-corrected chi connectivity index (χ2v) is 8.05. The van der Waals surface area contributed by atoms with Crippen molar-refractivity contribution in [3.05, 3.63) is 56.7 Å². The van der Waals surface area contributed by atoms with Gasteiger partial charge in [0.25, 0.3) is 0 Å². The summed E-state index contributed by atoms with van der Waals surface area (Å²) < 4.78 is 1.22. The molecule has 20 heavy (non-hydrogen) atoms. The largest absolute Gasteiger partial charge is 0.309 e. The van der Waals surface area contributed by atoms with Crippen molar-refractivity contribution in [3.63, 3.8) is 0 Å². The van der Waals surface area contributed by atoms with Crippen LogP contribution in [0.1, 0.15) is 42.7 Å². The van der Waals surface area contributed by atoms with Crippen molar-refractivity contribution in [1.82, 2.24) is 5.32 Å². The average molecular weight is 350 g/mol. The molecule has 0 bridgehead atoms. The maximum atomic E-state index is 3.79. The van der Waals surface area contributed by atoms with Crippen LogP contribution in [0.4, 0.5) is 0 Å². The molecule has 1 fully saturated rings. The van der Waals surface area contributed by atoms with Gasteiger partial charge in [0.05, 0.1) is 9.83 Å². The molecular formula is C17H20BrNS. The Bertz CT molecular complexity index is 559. The summed E-state index contributed by atoms with van der Waals surface area (Å²) in [6, 6.07) is 15.9. The number of rotatable bonds is 6. The van der Waals surface area contributed by atoms with Crippen molar-refractivity contribution < 1.29 is 0 Å². The van der Waals surface area contributed by atoms with E-state index in [2.05, 4.69) is 70.6 Å². The quantitative estimate of drug-likeness (QED) is 0.747. The number of benzene rings is 1. The molecule has 1 aliphatic rings. The minimum atomic E-state index is 0.306. The lowest BCUT2D eigenvalue weighted by molar-refractivity contribution is 0.435. The van der Waals surface area contributed by atoms with Gasteiger partial charge in [0.2, 0.25) is 0 Å². The fourth-order valence-corrected chi connectivity index (χ4v) is 4.61. The van der Waals surface area contributed by atoms with Crippen LogP contribution in [-0.4, -0.2) is 6.54 Å². The van der Waals surface area contributed by atoms with Crippen LogP contribution < -0.4 is 5.32 Å². The van der Waals surface area contributed by atoms with Crippen molar-refractivity contribution in [2.24, 2.45) is 0 Å². The van der Waals surface area contributed by atoms with Crippen molar-refractivity contribution in [2.75, 3.05) is 6.54 Å². The molecule has 0 amide bonds. The van der Waals surface area contributed by atoms with Crippen LogP contribution in [0.15, 0.2) is 46.3 Å². The lowest BCUT2D eigenvalue weighted by Crippen LogP contribution is -2.32. The molecule has 0 saturated heterocycles. The van der Waals surface area contributed by atoms with Crippen LogP contribution in [0.3, 0.4) is 0 Å². The van der Waals surface area contributed by atoms with Crippen LogP contribution in [-0.2, 0) is 5.41 Å². The van der Waals surface area contributed by atoms with Gasteiger partial charge in [-0.25, -0.2) is 0 Å². The molecule has 0 spiro atoms. The second kappa shape index (κ2) is 6.00. The average Bonchev–Trinajstić information content (AvgIpc) is 3.17. The number of thiophene rings is 1. The van der Waals surface area contributed by atoms with Gasteiger partial charge in [0.15, 0.2) is 0 Å². The Morgan fingerprint density at radius 2 is 1.95 bits per heavy atom. The molecule has 0 radical (unpaired) electrons. The highest BCUT2D eigenvalue weighted by atomic mass is 79.9. The minimum Gasteiger partial charge on any atom is -0.309 e. The molecule has 1 aromatic heterocycles. The van der Waals surface area contributed by atoms with Crippen molar-refractivity contribution in [1.29, 1.82) is 0 Å². The first-order chi connectivity index (χ1) is 9.76. The van der Waals surface area contributed by atoms with Gasteiger partial charge in [-0.3, -0.25) is 0 Å². The van der Waals surface area contributed by atoms with Gasteiger partial charge in [0.1, 0.15) is 0 Å². The monoisotopic (exact) mass is 349 g/mol. The normalized spacial score (nSPS) is 17.9. The van der Waals surface area contributed by atoms with Crippen molar-refractivity contribution >= 4 is 27.3 Å². The molecule has 0 aliphatic heterocycles. The van der Waals surface area contributed by atoms with E-state index in [0.717, 1.165) is 6.54 Å². The zero-order chi connectivity index (χ0) is 14.0. The molecule has 1 N–H and O–H groups in total. The Morgan fingerprint density at radius 3 is 2.50 bits per heavy atom. The highest BCUT2D eigenvalue weighted by Gasteiger charge is 2.51. The fraction of sp³-hybridized carbons (Fsp3) is 0.412. The molecule has 3 heteroatoms. The van der Waals surface area contributed by atoms with E-state index in [4.69, 9.17) is 0 Å². The van der Waals surface area contributed by atoms with Gasteiger partial charge in [-0.1, -0.05) is 37.3 Å². The summed E-state index contributed by atoms with van der Waals surface area (Å²) in [7, 11) is 0. The zero-order valence-electron chi connectivity index (χ0n) is 11.7. The highest BCUT2D eigenvalue weighted by molar-refractivity contribution is 9.11. The van der Waals surface area contributed by atoms with E-state index in [1.807, 2.05) is 11.3 Å². The fourth-order valence-electron chi connectivity index (χ4n) is 2.99. The summed E-state index contributed by atoms with van der Waals surface area (Å²) in [5, 5.41) is 3.79. The van der Waals surface area contributed by atoms with Crippen LogP contribution in [0.2, 0.25) is 0 Å². The Kier molecular flexibility index (Phi) is 4.29. The van der Waals surface area contributed by atoms with Gasteiger partial charge in [-0.05, 0) is 59.4 Å². The van der Waals surface area contributed by atoms with E-state index in [-0.39, 0.29) is 0 Å². The number of halogens is 1. The number of hydrogen-bond donors (Lipinski definition) is 1. The van der Waals surface area contributed by atoms with Crippen LogP contribution >= 0.6 is 27.3 Å². The Hall–Kier alpha value is -0.640. The molecule has 1 aromatic carbocycles. The van der Waals surface area contributed by atoms with Gasteiger partial charge in [0, 0.05) is 10.3 Å². The first-order valence-electron chi connectivity index (χ1n) is 7.30. The molecule has 1 saturated carbocycles. The smallest absolute Gasteiger partial charge is 0.0701 e. The van der Waals surface area contributed by atoms with E-state index in [1.165, 1.54) is 33.5 Å². The maximum absolute atomic E-state index is 3.79. The molecule has 1 unspecified atom stereocenters. The third kappa shape index (κ3) is 2.72. The molecule has 1 nitrogen and oxygen atoms in total. The topological polar surface area (TPSA) is 12.0 Å². The van der Waals surface area contributed by atoms with E-state index in [0.29, 0.717) is 11.5 Å². The summed E-state index contributed by atoms with van der Waals surface area (Å²) in [6.07, 6.45) is 3.75. The van der Waals surface area contributed by atoms with E-state index in [1.54, 1.807) is 0 Å². The second-order valence-electron chi connectivity index (χ2n) is 5.55. The molecule has 2 aromatic rings. The molecule has 1 heterocycles. The predicted octanol–water partition coefficient (Wildman–Crippen LogP) is 5.28. The Morgan fingerprint density at radius 1 is 1.20 bits per heavy atom. The zero-order valence-corrected chi connectivity index (χ0v) is 14.1. The summed E-state index contributed by atoms with van der Waals surface area (Å²) in [5.41, 5.74) is 1.79. The summed E-state index contributed by atoms with van der Waals surface area (Å²) >= 11 is 5.46. The summed E-state index contributed by atoms with van der Waals surface area (Å²) in [4.78, 5) is 1.45.